The van der Waals surface area contributed by atoms with Crippen LogP contribution in [0.15, 0.2) is 0 Å². The maximum atomic E-state index is 10.7. The van der Waals surface area contributed by atoms with E-state index < -0.39 is 6.10 Å². The van der Waals surface area contributed by atoms with Crippen LogP contribution in [0.2, 0.25) is 0 Å². The molecule has 0 rings (SSSR count). The van der Waals surface area contributed by atoms with Crippen LogP contribution in [0.25, 0.3) is 0 Å². The first-order valence-corrected chi connectivity index (χ1v) is 3.90. The molecule has 0 saturated heterocycles. The van der Waals surface area contributed by atoms with Crippen molar-refractivity contribution >= 4 is 5.78 Å². The molecule has 0 fully saturated rings. The van der Waals surface area contributed by atoms with E-state index in [4.69, 9.17) is 5.11 Å². The average molecular weight is 144 g/mol. The van der Waals surface area contributed by atoms with E-state index in [-0.39, 0.29) is 5.78 Å². The fourth-order valence-electron chi connectivity index (χ4n) is 0.842. The highest BCUT2D eigenvalue weighted by atomic mass is 16.3. The number of hydrogen-bond acceptors (Lipinski definition) is 2. The van der Waals surface area contributed by atoms with Gasteiger partial charge in [0.15, 0.2) is 0 Å². The summed E-state index contributed by atoms with van der Waals surface area (Å²) >= 11 is 0. The van der Waals surface area contributed by atoms with Gasteiger partial charge in [0, 0.05) is 12.8 Å². The molecular formula is C8H16O2. The van der Waals surface area contributed by atoms with Gasteiger partial charge in [0.25, 0.3) is 0 Å². The smallest absolute Gasteiger partial charge is 0.135 e. The van der Waals surface area contributed by atoms with Gasteiger partial charge in [-0.3, -0.25) is 4.79 Å². The number of Topliss-reactive ketones (excluding diaryl/α,β-unsaturated/α-hetero) is 1. The largest absolute Gasteiger partial charge is 0.393 e. The average Bonchev–Trinajstić information content (AvgIpc) is 1.88. The van der Waals surface area contributed by atoms with Crippen molar-refractivity contribution in [2.75, 3.05) is 0 Å². The lowest BCUT2D eigenvalue weighted by atomic mass is 10.1. The number of aliphatic hydroxyl groups is 1. The molecule has 0 aromatic heterocycles. The lowest BCUT2D eigenvalue weighted by Crippen LogP contribution is -2.11. The highest BCUT2D eigenvalue weighted by Crippen LogP contribution is 2.02. The quantitative estimate of drug-likeness (QED) is 0.635. The first kappa shape index (κ1) is 9.63. The summed E-state index contributed by atoms with van der Waals surface area (Å²) in [4.78, 5) is 10.7. The Morgan fingerprint density at radius 1 is 1.50 bits per heavy atom. The molecular weight excluding hydrogens is 128 g/mol. The number of ketones is 1. The van der Waals surface area contributed by atoms with Gasteiger partial charge in [-0.1, -0.05) is 20.3 Å². The van der Waals surface area contributed by atoms with Crippen LogP contribution in [0.1, 0.15) is 39.5 Å². The van der Waals surface area contributed by atoms with Gasteiger partial charge in [-0.2, -0.15) is 0 Å². The van der Waals surface area contributed by atoms with Crippen LogP contribution >= 0.6 is 0 Å². The molecule has 0 heterocycles. The third kappa shape index (κ3) is 4.50. The summed E-state index contributed by atoms with van der Waals surface area (Å²) in [5.74, 6) is 0.154. The van der Waals surface area contributed by atoms with Crippen molar-refractivity contribution in [2.45, 2.75) is 45.6 Å². The van der Waals surface area contributed by atoms with Crippen LogP contribution in [0.3, 0.4) is 0 Å². The third-order valence-corrected chi connectivity index (χ3v) is 1.48. The molecule has 0 aromatic carbocycles. The van der Waals surface area contributed by atoms with Crippen molar-refractivity contribution in [1.29, 1.82) is 0 Å². The molecule has 1 atom stereocenters. The summed E-state index contributed by atoms with van der Waals surface area (Å²) < 4.78 is 0. The molecule has 2 heteroatoms. The van der Waals surface area contributed by atoms with Crippen molar-refractivity contribution < 1.29 is 9.90 Å². The maximum Gasteiger partial charge on any atom is 0.135 e. The van der Waals surface area contributed by atoms with E-state index in [9.17, 15) is 4.79 Å². The maximum absolute atomic E-state index is 10.7. The number of carbonyl (C=O) groups excluding carboxylic acids is 1. The van der Waals surface area contributed by atoms with E-state index in [1.807, 2.05) is 13.8 Å². The lowest BCUT2D eigenvalue weighted by Gasteiger charge is -2.05. The Kier molecular flexibility index (Phi) is 5.22. The number of hydrogen-bond donors (Lipinski definition) is 1. The molecule has 0 aliphatic heterocycles. The van der Waals surface area contributed by atoms with E-state index >= 15 is 0 Å². The van der Waals surface area contributed by atoms with E-state index in [1.165, 1.54) is 0 Å². The van der Waals surface area contributed by atoms with Crippen molar-refractivity contribution in [3.05, 3.63) is 0 Å². The Bertz CT molecular complexity index is 99.4. The monoisotopic (exact) mass is 144 g/mol. The normalized spacial score (nSPS) is 13.1. The zero-order valence-electron chi connectivity index (χ0n) is 6.76. The van der Waals surface area contributed by atoms with Crippen LogP contribution in [0.4, 0.5) is 0 Å². The third-order valence-electron chi connectivity index (χ3n) is 1.48. The van der Waals surface area contributed by atoms with Crippen LogP contribution in [0, 0.1) is 0 Å². The number of carbonyl (C=O) groups is 1. The van der Waals surface area contributed by atoms with Crippen LogP contribution in [-0.4, -0.2) is 17.0 Å². The summed E-state index contributed by atoms with van der Waals surface area (Å²) in [6.45, 7) is 3.82. The predicted octanol–water partition coefficient (Wildman–Crippen LogP) is 1.52. The van der Waals surface area contributed by atoms with Crippen molar-refractivity contribution in [3.8, 4) is 0 Å². The molecule has 0 bridgehead atoms. The molecule has 0 radical (unpaired) electrons. The summed E-state index contributed by atoms with van der Waals surface area (Å²) in [5, 5.41) is 9.13. The molecule has 0 spiro atoms. The molecule has 0 aromatic rings. The van der Waals surface area contributed by atoms with Gasteiger partial charge in [0.1, 0.15) is 5.78 Å². The highest BCUT2D eigenvalue weighted by Gasteiger charge is 2.06. The van der Waals surface area contributed by atoms with Gasteiger partial charge < -0.3 is 5.11 Å². The Hall–Kier alpha value is -0.370. The van der Waals surface area contributed by atoms with E-state index in [0.717, 1.165) is 12.8 Å². The Labute approximate surface area is 62.2 Å². The lowest BCUT2D eigenvalue weighted by molar-refractivity contribution is -0.120. The number of rotatable bonds is 5. The first-order chi connectivity index (χ1) is 4.70. The summed E-state index contributed by atoms with van der Waals surface area (Å²) in [7, 11) is 0. The fraction of sp³-hybridized carbons (Fsp3) is 0.875. The van der Waals surface area contributed by atoms with Crippen molar-refractivity contribution in [3.63, 3.8) is 0 Å². The molecule has 2 nitrogen and oxygen atoms in total. The molecule has 0 saturated carbocycles. The van der Waals surface area contributed by atoms with E-state index in [0.29, 0.717) is 12.8 Å². The predicted molar refractivity (Wildman–Crippen MR) is 40.8 cm³/mol. The molecule has 1 N–H and O–H groups in total. The van der Waals surface area contributed by atoms with Gasteiger partial charge >= 0.3 is 0 Å². The minimum absolute atomic E-state index is 0.154. The standard InChI is InChI=1S/C8H16O2/c1-3-5-8(10)6-7(9)4-2/h8,10H,3-6H2,1-2H3/t8-/m0/s1. The Morgan fingerprint density at radius 3 is 2.50 bits per heavy atom. The molecule has 0 aliphatic rings. The second-order valence-electron chi connectivity index (χ2n) is 2.54. The fourth-order valence-corrected chi connectivity index (χ4v) is 0.842. The van der Waals surface area contributed by atoms with Gasteiger partial charge in [0.2, 0.25) is 0 Å². The zero-order chi connectivity index (χ0) is 7.98. The van der Waals surface area contributed by atoms with Gasteiger partial charge in [0.05, 0.1) is 6.10 Å². The Morgan fingerprint density at radius 2 is 2.10 bits per heavy atom. The second kappa shape index (κ2) is 5.42. The van der Waals surface area contributed by atoms with Crippen molar-refractivity contribution in [1.82, 2.24) is 0 Å². The molecule has 10 heavy (non-hydrogen) atoms. The summed E-state index contributed by atoms with van der Waals surface area (Å²) in [6.07, 6.45) is 2.16. The van der Waals surface area contributed by atoms with Crippen LogP contribution in [-0.2, 0) is 4.79 Å². The molecule has 0 unspecified atom stereocenters. The number of aliphatic hydroxyl groups excluding tert-OH is 1. The minimum Gasteiger partial charge on any atom is -0.393 e. The summed E-state index contributed by atoms with van der Waals surface area (Å²) in [5.41, 5.74) is 0. The van der Waals surface area contributed by atoms with Gasteiger partial charge in [-0.15, -0.1) is 0 Å². The molecule has 0 aliphatic carbocycles. The first-order valence-electron chi connectivity index (χ1n) is 3.90. The zero-order valence-corrected chi connectivity index (χ0v) is 6.76. The topological polar surface area (TPSA) is 37.3 Å². The van der Waals surface area contributed by atoms with Crippen molar-refractivity contribution in [2.24, 2.45) is 0 Å². The molecule has 60 valence electrons. The van der Waals surface area contributed by atoms with Crippen LogP contribution in [0.5, 0.6) is 0 Å². The minimum atomic E-state index is -0.405. The summed E-state index contributed by atoms with van der Waals surface area (Å²) in [6, 6.07) is 0. The van der Waals surface area contributed by atoms with Crippen LogP contribution < -0.4 is 0 Å². The molecule has 0 amide bonds. The van der Waals surface area contributed by atoms with E-state index in [1.54, 1.807) is 0 Å². The second-order valence-corrected chi connectivity index (χ2v) is 2.54. The highest BCUT2D eigenvalue weighted by molar-refractivity contribution is 5.78. The van der Waals surface area contributed by atoms with Gasteiger partial charge in [-0.05, 0) is 6.42 Å². The van der Waals surface area contributed by atoms with Gasteiger partial charge in [-0.25, -0.2) is 0 Å². The van der Waals surface area contributed by atoms with E-state index in [2.05, 4.69) is 0 Å². The Balaban J connectivity index is 3.37. The SMILES string of the molecule is CCC[C@H](O)CC(=O)CC.